The molecule has 13 heavy (non-hydrogen) atoms. The van der Waals surface area contributed by atoms with Gasteiger partial charge in [0.15, 0.2) is 0 Å². The van der Waals surface area contributed by atoms with Crippen LogP contribution in [-0.2, 0) is 0 Å². The van der Waals surface area contributed by atoms with E-state index in [-0.39, 0.29) is 0 Å². The molecule has 2 nitrogen and oxygen atoms in total. The van der Waals surface area contributed by atoms with E-state index in [1.807, 2.05) is 0 Å². The van der Waals surface area contributed by atoms with Crippen molar-refractivity contribution in [1.29, 1.82) is 0 Å². The molecule has 0 aliphatic heterocycles. The molecule has 0 spiro atoms. The third-order valence-electron chi connectivity index (χ3n) is 2.41. The fraction of sp³-hybridized carbons (Fsp3) is 0.455. The van der Waals surface area contributed by atoms with Crippen LogP contribution in [-0.4, -0.2) is 19.6 Å². The van der Waals surface area contributed by atoms with E-state index in [1.54, 1.807) is 0 Å². The number of nitrogens with zero attached hydrogens (tertiary/aromatic N) is 1. The topological polar surface area (TPSA) is 29.3 Å². The molecule has 2 N–H and O–H groups in total. The van der Waals surface area contributed by atoms with Crippen LogP contribution in [0.3, 0.4) is 0 Å². The van der Waals surface area contributed by atoms with Crippen molar-refractivity contribution in [3.63, 3.8) is 0 Å². The summed E-state index contributed by atoms with van der Waals surface area (Å²) in [5.41, 5.74) is 8.13. The lowest BCUT2D eigenvalue weighted by molar-refractivity contribution is 0.695. The smallest absolute Gasteiger partial charge is 0.0380 e. The highest BCUT2D eigenvalue weighted by Crippen LogP contribution is 2.15. The van der Waals surface area contributed by atoms with Gasteiger partial charge in [0.2, 0.25) is 0 Å². The molecule has 1 unspecified atom stereocenters. The van der Waals surface area contributed by atoms with Crippen LogP contribution in [0.25, 0.3) is 0 Å². The highest BCUT2D eigenvalue weighted by Gasteiger charge is 2.06. The van der Waals surface area contributed by atoms with Gasteiger partial charge < -0.3 is 10.6 Å². The second kappa shape index (κ2) is 4.28. The SMILES string of the molecule is Cc1cccc(N(C)C(C)CN)c1. The maximum absolute atomic E-state index is 5.61. The van der Waals surface area contributed by atoms with Gasteiger partial charge in [0.1, 0.15) is 0 Å². The van der Waals surface area contributed by atoms with Gasteiger partial charge in [0, 0.05) is 25.3 Å². The minimum atomic E-state index is 0.391. The molecule has 0 bridgehead atoms. The van der Waals surface area contributed by atoms with Crippen molar-refractivity contribution in [3.05, 3.63) is 29.8 Å². The van der Waals surface area contributed by atoms with Crippen LogP contribution in [0, 0.1) is 6.92 Å². The second-order valence-corrected chi connectivity index (χ2v) is 3.53. The molecule has 0 saturated carbocycles. The quantitative estimate of drug-likeness (QED) is 0.764. The van der Waals surface area contributed by atoms with Gasteiger partial charge >= 0.3 is 0 Å². The summed E-state index contributed by atoms with van der Waals surface area (Å²) in [5, 5.41) is 0. The first-order chi connectivity index (χ1) is 6.15. The number of aryl methyl sites for hydroxylation is 1. The first-order valence-corrected chi connectivity index (χ1v) is 4.64. The van der Waals surface area contributed by atoms with E-state index in [0.29, 0.717) is 12.6 Å². The molecular formula is C11H18N2. The Morgan fingerprint density at radius 2 is 2.15 bits per heavy atom. The number of anilines is 1. The zero-order valence-electron chi connectivity index (χ0n) is 8.62. The van der Waals surface area contributed by atoms with Crippen molar-refractivity contribution >= 4 is 5.69 Å². The van der Waals surface area contributed by atoms with Gasteiger partial charge in [-0.05, 0) is 31.5 Å². The Balaban J connectivity index is 2.82. The highest BCUT2D eigenvalue weighted by molar-refractivity contribution is 5.48. The van der Waals surface area contributed by atoms with Crippen LogP contribution in [0.5, 0.6) is 0 Å². The minimum absolute atomic E-state index is 0.391. The van der Waals surface area contributed by atoms with Gasteiger partial charge in [0.25, 0.3) is 0 Å². The molecule has 0 aromatic heterocycles. The lowest BCUT2D eigenvalue weighted by Gasteiger charge is -2.26. The third kappa shape index (κ3) is 2.46. The first kappa shape index (κ1) is 10.1. The second-order valence-electron chi connectivity index (χ2n) is 3.53. The predicted octanol–water partition coefficient (Wildman–Crippen LogP) is 1.78. The maximum atomic E-state index is 5.61. The summed E-state index contributed by atoms with van der Waals surface area (Å²) in [6.45, 7) is 4.91. The molecule has 0 aliphatic rings. The number of rotatable bonds is 3. The Morgan fingerprint density at radius 3 is 2.69 bits per heavy atom. The summed E-state index contributed by atoms with van der Waals surface area (Å²) >= 11 is 0. The first-order valence-electron chi connectivity index (χ1n) is 4.64. The Labute approximate surface area is 80.4 Å². The van der Waals surface area contributed by atoms with Crippen molar-refractivity contribution in [1.82, 2.24) is 0 Å². The summed E-state index contributed by atoms with van der Waals surface area (Å²) in [5.74, 6) is 0. The van der Waals surface area contributed by atoms with Gasteiger partial charge in [-0.15, -0.1) is 0 Å². The molecule has 0 aliphatic carbocycles. The predicted molar refractivity (Wildman–Crippen MR) is 58.1 cm³/mol. The maximum Gasteiger partial charge on any atom is 0.0380 e. The Kier molecular flexibility index (Phi) is 3.32. The molecular weight excluding hydrogens is 160 g/mol. The van der Waals surface area contributed by atoms with Crippen molar-refractivity contribution in [3.8, 4) is 0 Å². The third-order valence-corrected chi connectivity index (χ3v) is 2.41. The fourth-order valence-corrected chi connectivity index (χ4v) is 1.26. The Bertz CT molecular complexity index is 271. The fourth-order valence-electron chi connectivity index (χ4n) is 1.26. The molecule has 72 valence electrons. The van der Waals surface area contributed by atoms with E-state index in [9.17, 15) is 0 Å². The van der Waals surface area contributed by atoms with E-state index >= 15 is 0 Å². The van der Waals surface area contributed by atoms with Gasteiger partial charge in [-0.25, -0.2) is 0 Å². The van der Waals surface area contributed by atoms with Gasteiger partial charge in [0.05, 0.1) is 0 Å². The molecule has 0 radical (unpaired) electrons. The molecule has 0 saturated heterocycles. The monoisotopic (exact) mass is 178 g/mol. The van der Waals surface area contributed by atoms with E-state index in [4.69, 9.17) is 5.73 Å². The molecule has 1 rings (SSSR count). The van der Waals surface area contributed by atoms with E-state index in [1.165, 1.54) is 11.3 Å². The summed E-state index contributed by atoms with van der Waals surface area (Å²) in [4.78, 5) is 2.20. The average Bonchev–Trinajstić information content (AvgIpc) is 2.15. The molecule has 1 aromatic carbocycles. The molecule has 2 heteroatoms. The number of nitrogens with two attached hydrogens (primary N) is 1. The number of likely N-dealkylation sites (N-methyl/N-ethyl adjacent to an activating group) is 1. The van der Waals surface area contributed by atoms with Crippen molar-refractivity contribution in [2.45, 2.75) is 19.9 Å². The van der Waals surface area contributed by atoms with Crippen molar-refractivity contribution in [2.24, 2.45) is 5.73 Å². The average molecular weight is 178 g/mol. The standard InChI is InChI=1S/C11H18N2/c1-9-5-4-6-11(7-9)13(3)10(2)8-12/h4-7,10H,8,12H2,1-3H3. The largest absolute Gasteiger partial charge is 0.371 e. The van der Waals surface area contributed by atoms with E-state index < -0.39 is 0 Å². The zero-order chi connectivity index (χ0) is 9.84. The van der Waals surface area contributed by atoms with Crippen LogP contribution in [0.4, 0.5) is 5.69 Å². The lowest BCUT2D eigenvalue weighted by atomic mass is 10.2. The lowest BCUT2D eigenvalue weighted by Crippen LogP contribution is -2.35. The van der Waals surface area contributed by atoms with Gasteiger partial charge in [-0.1, -0.05) is 12.1 Å². The number of hydrogen-bond donors (Lipinski definition) is 1. The molecule has 1 atom stereocenters. The van der Waals surface area contributed by atoms with E-state index in [2.05, 4.69) is 50.1 Å². The Morgan fingerprint density at radius 1 is 1.46 bits per heavy atom. The summed E-state index contributed by atoms with van der Waals surface area (Å²) in [6.07, 6.45) is 0. The van der Waals surface area contributed by atoms with E-state index in [0.717, 1.165) is 0 Å². The molecule has 0 amide bonds. The van der Waals surface area contributed by atoms with Crippen LogP contribution >= 0.6 is 0 Å². The molecule has 0 fully saturated rings. The summed E-state index contributed by atoms with van der Waals surface area (Å²) < 4.78 is 0. The molecule has 1 aromatic rings. The van der Waals surface area contributed by atoms with Crippen molar-refractivity contribution < 1.29 is 0 Å². The Hall–Kier alpha value is -1.02. The van der Waals surface area contributed by atoms with Crippen molar-refractivity contribution in [2.75, 3.05) is 18.5 Å². The highest BCUT2D eigenvalue weighted by atomic mass is 15.1. The van der Waals surface area contributed by atoms with Gasteiger partial charge in [-0.2, -0.15) is 0 Å². The van der Waals surface area contributed by atoms with Gasteiger partial charge in [-0.3, -0.25) is 0 Å². The van der Waals surface area contributed by atoms with Crippen LogP contribution < -0.4 is 10.6 Å². The minimum Gasteiger partial charge on any atom is -0.371 e. The number of hydrogen-bond acceptors (Lipinski definition) is 2. The summed E-state index contributed by atoms with van der Waals surface area (Å²) in [6, 6.07) is 8.85. The zero-order valence-corrected chi connectivity index (χ0v) is 8.62. The summed E-state index contributed by atoms with van der Waals surface area (Å²) in [7, 11) is 2.08. The van der Waals surface area contributed by atoms with Crippen LogP contribution in [0.15, 0.2) is 24.3 Å². The normalized spacial score (nSPS) is 12.6. The van der Waals surface area contributed by atoms with Crippen LogP contribution in [0.1, 0.15) is 12.5 Å². The van der Waals surface area contributed by atoms with Crippen LogP contribution in [0.2, 0.25) is 0 Å². The molecule has 0 heterocycles. The number of benzene rings is 1.